The minimum absolute atomic E-state index is 0.846. The summed E-state index contributed by atoms with van der Waals surface area (Å²) in [6, 6.07) is 6.82. The maximum atomic E-state index is 4.26. The van der Waals surface area contributed by atoms with Gasteiger partial charge in [0, 0.05) is 25.0 Å². The molecule has 1 aromatic heterocycles. The lowest BCUT2D eigenvalue weighted by Gasteiger charge is -2.18. The molecule has 1 aliphatic rings. The average Bonchev–Trinajstić information content (AvgIpc) is 2.92. The van der Waals surface area contributed by atoms with E-state index in [1.807, 2.05) is 5.51 Å². The summed E-state index contributed by atoms with van der Waals surface area (Å²) in [5, 5.41) is 8.94. The van der Waals surface area contributed by atoms with Crippen molar-refractivity contribution in [1.82, 2.24) is 15.6 Å². The smallest absolute Gasteiger partial charge is 0.0795 e. The lowest BCUT2D eigenvalue weighted by molar-refractivity contribution is 0.638. The Labute approximate surface area is 111 Å². The third kappa shape index (κ3) is 2.77. The maximum Gasteiger partial charge on any atom is 0.0795 e. The van der Waals surface area contributed by atoms with Gasteiger partial charge >= 0.3 is 0 Å². The molecule has 1 aliphatic heterocycles. The van der Waals surface area contributed by atoms with Crippen molar-refractivity contribution in [2.45, 2.75) is 26.1 Å². The standard InChI is InChI=1S/C14H17N3S/c1-2-12-3-4-15-7-13(12)5-11(1)6-16-8-14-9-18-10-17-14/h1-2,5,9-10,15-16H,3-4,6-8H2. The van der Waals surface area contributed by atoms with Crippen LogP contribution < -0.4 is 10.6 Å². The monoisotopic (exact) mass is 259 g/mol. The molecular weight excluding hydrogens is 242 g/mol. The summed E-state index contributed by atoms with van der Waals surface area (Å²) in [7, 11) is 0. The zero-order valence-electron chi connectivity index (χ0n) is 10.3. The lowest BCUT2D eigenvalue weighted by atomic mass is 9.98. The molecule has 1 aromatic carbocycles. The third-order valence-corrected chi connectivity index (χ3v) is 3.91. The first-order chi connectivity index (χ1) is 8.92. The minimum Gasteiger partial charge on any atom is -0.312 e. The number of hydrogen-bond donors (Lipinski definition) is 2. The van der Waals surface area contributed by atoms with E-state index in [2.05, 4.69) is 39.2 Å². The molecule has 2 heterocycles. The topological polar surface area (TPSA) is 37.0 Å². The normalized spacial score (nSPS) is 14.4. The van der Waals surface area contributed by atoms with Crippen molar-refractivity contribution in [1.29, 1.82) is 0 Å². The van der Waals surface area contributed by atoms with Crippen molar-refractivity contribution in [3.8, 4) is 0 Å². The Balaban J connectivity index is 1.59. The highest BCUT2D eigenvalue weighted by molar-refractivity contribution is 7.07. The summed E-state index contributed by atoms with van der Waals surface area (Å²) in [5.74, 6) is 0. The van der Waals surface area contributed by atoms with E-state index < -0.39 is 0 Å². The molecule has 0 saturated heterocycles. The molecule has 0 spiro atoms. The van der Waals surface area contributed by atoms with Crippen LogP contribution in [0.25, 0.3) is 0 Å². The lowest BCUT2D eigenvalue weighted by Crippen LogP contribution is -2.24. The second-order valence-electron chi connectivity index (χ2n) is 4.61. The van der Waals surface area contributed by atoms with Gasteiger partial charge in [-0.3, -0.25) is 0 Å². The summed E-state index contributed by atoms with van der Waals surface area (Å²) >= 11 is 1.65. The van der Waals surface area contributed by atoms with E-state index in [1.54, 1.807) is 11.3 Å². The molecule has 0 saturated carbocycles. The van der Waals surface area contributed by atoms with Crippen molar-refractivity contribution in [3.63, 3.8) is 0 Å². The van der Waals surface area contributed by atoms with Crippen LogP contribution >= 0.6 is 11.3 Å². The number of nitrogens with one attached hydrogen (secondary N) is 2. The van der Waals surface area contributed by atoms with Crippen LogP contribution in [-0.4, -0.2) is 11.5 Å². The van der Waals surface area contributed by atoms with Crippen LogP contribution in [0.2, 0.25) is 0 Å². The molecule has 0 fully saturated rings. The molecule has 2 N–H and O–H groups in total. The molecule has 0 amide bonds. The molecule has 18 heavy (non-hydrogen) atoms. The SMILES string of the molecule is c1nc(CNCc2ccc3c(c2)CNCC3)cs1. The van der Waals surface area contributed by atoms with E-state index in [9.17, 15) is 0 Å². The van der Waals surface area contributed by atoms with Gasteiger partial charge in [-0.05, 0) is 29.7 Å². The fourth-order valence-electron chi connectivity index (χ4n) is 2.30. The third-order valence-electron chi connectivity index (χ3n) is 3.28. The van der Waals surface area contributed by atoms with Crippen LogP contribution in [-0.2, 0) is 26.1 Å². The first kappa shape index (κ1) is 11.8. The Morgan fingerprint density at radius 3 is 3.17 bits per heavy atom. The second-order valence-corrected chi connectivity index (χ2v) is 5.33. The molecule has 3 nitrogen and oxygen atoms in total. The van der Waals surface area contributed by atoms with Gasteiger partial charge < -0.3 is 10.6 Å². The highest BCUT2D eigenvalue weighted by Gasteiger charge is 2.08. The molecule has 3 rings (SSSR count). The number of nitrogens with zero attached hydrogens (tertiary/aromatic N) is 1. The van der Waals surface area contributed by atoms with Crippen LogP contribution in [0.5, 0.6) is 0 Å². The van der Waals surface area contributed by atoms with Crippen molar-refractivity contribution in [2.24, 2.45) is 0 Å². The van der Waals surface area contributed by atoms with Crippen molar-refractivity contribution in [2.75, 3.05) is 6.54 Å². The van der Waals surface area contributed by atoms with E-state index in [4.69, 9.17) is 0 Å². The Morgan fingerprint density at radius 2 is 2.28 bits per heavy atom. The van der Waals surface area contributed by atoms with Gasteiger partial charge in [0.2, 0.25) is 0 Å². The van der Waals surface area contributed by atoms with Crippen molar-refractivity contribution in [3.05, 3.63) is 51.5 Å². The highest BCUT2D eigenvalue weighted by Crippen LogP contribution is 2.15. The quantitative estimate of drug-likeness (QED) is 0.882. The van der Waals surface area contributed by atoms with Crippen LogP contribution in [0, 0.1) is 0 Å². The summed E-state index contributed by atoms with van der Waals surface area (Å²) in [4.78, 5) is 4.26. The van der Waals surface area contributed by atoms with Gasteiger partial charge in [0.15, 0.2) is 0 Å². The molecule has 0 unspecified atom stereocenters. The highest BCUT2D eigenvalue weighted by atomic mass is 32.1. The molecule has 94 valence electrons. The number of fused-ring (bicyclic) bond motifs is 1. The van der Waals surface area contributed by atoms with E-state index in [0.29, 0.717) is 0 Å². The van der Waals surface area contributed by atoms with E-state index in [1.165, 1.54) is 16.7 Å². The summed E-state index contributed by atoms with van der Waals surface area (Å²) in [6.07, 6.45) is 1.15. The maximum absolute atomic E-state index is 4.26. The zero-order valence-corrected chi connectivity index (χ0v) is 11.1. The average molecular weight is 259 g/mol. The summed E-state index contributed by atoms with van der Waals surface area (Å²) < 4.78 is 0. The molecular formula is C14H17N3S. The van der Waals surface area contributed by atoms with Crippen LogP contribution in [0.1, 0.15) is 22.4 Å². The molecule has 4 heteroatoms. The number of thiazole rings is 1. The van der Waals surface area contributed by atoms with Crippen LogP contribution in [0.3, 0.4) is 0 Å². The van der Waals surface area contributed by atoms with E-state index in [0.717, 1.165) is 38.3 Å². The van der Waals surface area contributed by atoms with Gasteiger partial charge in [-0.2, -0.15) is 0 Å². The van der Waals surface area contributed by atoms with Crippen molar-refractivity contribution >= 4 is 11.3 Å². The van der Waals surface area contributed by atoms with Gasteiger partial charge in [0.25, 0.3) is 0 Å². The second kappa shape index (κ2) is 5.61. The minimum atomic E-state index is 0.846. The fourth-order valence-corrected chi connectivity index (χ4v) is 2.86. The number of rotatable bonds is 4. The van der Waals surface area contributed by atoms with Crippen LogP contribution in [0.4, 0.5) is 0 Å². The van der Waals surface area contributed by atoms with Gasteiger partial charge in [-0.25, -0.2) is 4.98 Å². The number of aromatic nitrogens is 1. The molecule has 0 bridgehead atoms. The Kier molecular flexibility index (Phi) is 3.69. The van der Waals surface area contributed by atoms with E-state index >= 15 is 0 Å². The van der Waals surface area contributed by atoms with Gasteiger partial charge in [-0.15, -0.1) is 11.3 Å². The molecule has 0 radical (unpaired) electrons. The van der Waals surface area contributed by atoms with Gasteiger partial charge in [0.05, 0.1) is 11.2 Å². The molecule has 2 aromatic rings. The Morgan fingerprint density at radius 1 is 1.28 bits per heavy atom. The molecule has 0 atom stereocenters. The van der Waals surface area contributed by atoms with E-state index in [-0.39, 0.29) is 0 Å². The fraction of sp³-hybridized carbons (Fsp3) is 0.357. The predicted molar refractivity (Wildman–Crippen MR) is 74.5 cm³/mol. The van der Waals surface area contributed by atoms with Crippen molar-refractivity contribution < 1.29 is 0 Å². The van der Waals surface area contributed by atoms with Gasteiger partial charge in [0.1, 0.15) is 0 Å². The largest absolute Gasteiger partial charge is 0.312 e. The molecule has 0 aliphatic carbocycles. The summed E-state index contributed by atoms with van der Waals surface area (Å²) in [6.45, 7) is 3.87. The van der Waals surface area contributed by atoms with Crippen LogP contribution in [0.15, 0.2) is 29.1 Å². The Hall–Kier alpha value is -1.23. The first-order valence-electron chi connectivity index (χ1n) is 6.31. The summed E-state index contributed by atoms with van der Waals surface area (Å²) in [5.41, 5.74) is 7.31. The number of benzene rings is 1. The Bertz CT molecular complexity index is 508. The zero-order chi connectivity index (χ0) is 12.2. The predicted octanol–water partition coefficient (Wildman–Crippen LogP) is 2.08. The number of hydrogen-bond acceptors (Lipinski definition) is 4. The first-order valence-corrected chi connectivity index (χ1v) is 7.25. The van der Waals surface area contributed by atoms with Gasteiger partial charge in [-0.1, -0.05) is 18.2 Å².